The molecule has 0 spiro atoms. The van der Waals surface area contributed by atoms with Gasteiger partial charge in [-0.3, -0.25) is 0 Å². The summed E-state index contributed by atoms with van der Waals surface area (Å²) in [5, 5.41) is 13.4. The molecule has 0 aromatic rings. The number of hydrogen-bond acceptors (Lipinski definition) is 10. The molecular formula is C22H34Cl3NO10. The second-order valence-electron chi connectivity index (χ2n) is 10.4. The van der Waals surface area contributed by atoms with Gasteiger partial charge in [0.05, 0.1) is 24.9 Å². The maximum Gasteiger partial charge on any atom is 0.407 e. The average Bonchev–Trinajstić information content (AvgIpc) is 3.08. The van der Waals surface area contributed by atoms with Gasteiger partial charge in [0.15, 0.2) is 17.9 Å². The smallest absolute Gasteiger partial charge is 0.407 e. The molecule has 11 nitrogen and oxygen atoms in total. The fraction of sp³-hybridized carbons (Fsp3) is 0.955. The van der Waals surface area contributed by atoms with Crippen molar-refractivity contribution in [2.45, 2.75) is 118 Å². The van der Waals surface area contributed by atoms with Crippen molar-refractivity contribution < 1.29 is 47.8 Å². The Morgan fingerprint density at radius 2 is 1.64 bits per heavy atom. The number of carbonyl (C=O) groups excluding carboxylic acids is 1. The number of fused-ring (bicyclic) bond motifs is 2. The third-order valence-corrected chi connectivity index (χ3v) is 6.82. The number of halogens is 3. The Morgan fingerprint density at radius 3 is 2.31 bits per heavy atom. The molecule has 0 saturated carbocycles. The van der Waals surface area contributed by atoms with Crippen LogP contribution in [0.2, 0.25) is 0 Å². The van der Waals surface area contributed by atoms with E-state index in [-0.39, 0.29) is 6.61 Å². The number of ether oxygens (including phenoxy) is 8. The normalized spacial score (nSPS) is 43.8. The second kappa shape index (κ2) is 10.4. The van der Waals surface area contributed by atoms with Crippen molar-refractivity contribution >= 4 is 40.9 Å². The van der Waals surface area contributed by atoms with Crippen LogP contribution in [0.1, 0.15) is 41.5 Å². The highest BCUT2D eigenvalue weighted by Gasteiger charge is 2.58. The third kappa shape index (κ3) is 6.51. The van der Waals surface area contributed by atoms with Crippen LogP contribution in [0.5, 0.6) is 0 Å². The molecule has 4 rings (SSSR count). The van der Waals surface area contributed by atoms with Gasteiger partial charge in [-0.25, -0.2) is 4.79 Å². The van der Waals surface area contributed by atoms with Gasteiger partial charge < -0.3 is 48.3 Å². The molecule has 1 amide bonds. The summed E-state index contributed by atoms with van der Waals surface area (Å²) in [6.45, 7) is 10.4. The first-order chi connectivity index (χ1) is 16.6. The average molecular weight is 579 g/mol. The Bertz CT molecular complexity index is 811. The van der Waals surface area contributed by atoms with E-state index in [1.54, 1.807) is 41.5 Å². The molecule has 2 N–H and O–H groups in total. The van der Waals surface area contributed by atoms with Gasteiger partial charge in [-0.15, -0.1) is 0 Å². The van der Waals surface area contributed by atoms with E-state index in [1.807, 2.05) is 0 Å². The number of hydrogen-bond donors (Lipinski definition) is 2. The van der Waals surface area contributed by atoms with Gasteiger partial charge >= 0.3 is 6.09 Å². The van der Waals surface area contributed by atoms with Crippen LogP contribution < -0.4 is 5.32 Å². The lowest BCUT2D eigenvalue weighted by atomic mass is 9.91. The molecule has 36 heavy (non-hydrogen) atoms. The summed E-state index contributed by atoms with van der Waals surface area (Å²) in [5.74, 6) is -1.88. The number of aliphatic hydroxyl groups is 1. The summed E-state index contributed by atoms with van der Waals surface area (Å²) in [5.41, 5.74) is 0. The molecule has 0 aromatic heterocycles. The summed E-state index contributed by atoms with van der Waals surface area (Å²) in [4.78, 5) is 12.6. The molecule has 14 heteroatoms. The van der Waals surface area contributed by atoms with Crippen LogP contribution >= 0.6 is 34.8 Å². The summed E-state index contributed by atoms with van der Waals surface area (Å²) < 4.78 is 45.9. The van der Waals surface area contributed by atoms with Crippen molar-refractivity contribution in [2.24, 2.45) is 0 Å². The van der Waals surface area contributed by atoms with Gasteiger partial charge in [0.2, 0.25) is 3.79 Å². The quantitative estimate of drug-likeness (QED) is 0.481. The number of alkyl carbamates (subject to hydrolysis) is 1. The molecule has 4 saturated heterocycles. The highest BCUT2D eigenvalue weighted by Crippen LogP contribution is 2.40. The Kier molecular flexibility index (Phi) is 8.34. The lowest BCUT2D eigenvalue weighted by Gasteiger charge is -2.52. The Balaban J connectivity index is 1.58. The zero-order chi connectivity index (χ0) is 26.6. The van der Waals surface area contributed by atoms with Gasteiger partial charge in [0, 0.05) is 0 Å². The molecular weight excluding hydrogens is 545 g/mol. The number of alkyl halides is 3. The van der Waals surface area contributed by atoms with Crippen LogP contribution in [0.15, 0.2) is 0 Å². The van der Waals surface area contributed by atoms with Crippen LogP contribution in [-0.4, -0.2) is 101 Å². The maximum atomic E-state index is 12.6. The Labute approximate surface area is 225 Å². The third-order valence-electron chi connectivity index (χ3n) is 6.50. The molecule has 0 radical (unpaired) electrons. The van der Waals surface area contributed by atoms with E-state index in [0.717, 1.165) is 0 Å². The van der Waals surface area contributed by atoms with Crippen molar-refractivity contribution in [3.8, 4) is 0 Å². The highest BCUT2D eigenvalue weighted by atomic mass is 35.6. The fourth-order valence-corrected chi connectivity index (χ4v) is 5.09. The van der Waals surface area contributed by atoms with Gasteiger partial charge in [-0.05, 0) is 41.5 Å². The van der Waals surface area contributed by atoms with E-state index in [2.05, 4.69) is 5.32 Å². The van der Waals surface area contributed by atoms with E-state index < -0.39 is 89.2 Å². The first kappa shape index (κ1) is 28.8. The van der Waals surface area contributed by atoms with Gasteiger partial charge in [0.25, 0.3) is 0 Å². The second-order valence-corrected chi connectivity index (χ2v) is 12.9. The Morgan fingerprint density at radius 1 is 1.00 bits per heavy atom. The maximum absolute atomic E-state index is 12.6. The lowest BCUT2D eigenvalue weighted by molar-refractivity contribution is -0.371. The van der Waals surface area contributed by atoms with Crippen LogP contribution in [0, 0.1) is 0 Å². The minimum Gasteiger partial charge on any atom is -0.445 e. The molecule has 4 heterocycles. The first-order valence-electron chi connectivity index (χ1n) is 11.9. The number of rotatable bonds is 4. The summed E-state index contributed by atoms with van der Waals surface area (Å²) in [7, 11) is 0. The molecule has 208 valence electrons. The minimum absolute atomic E-state index is 0.256. The van der Waals surface area contributed by atoms with Gasteiger partial charge in [-0.2, -0.15) is 0 Å². The lowest BCUT2D eigenvalue weighted by Crippen LogP contribution is -2.69. The van der Waals surface area contributed by atoms with E-state index in [9.17, 15) is 9.90 Å². The molecule has 0 aromatic carbocycles. The topological polar surface area (TPSA) is 123 Å². The highest BCUT2D eigenvalue weighted by molar-refractivity contribution is 6.67. The zero-order valence-corrected chi connectivity index (χ0v) is 23.2. The van der Waals surface area contributed by atoms with Crippen LogP contribution in [-0.2, 0) is 37.9 Å². The first-order valence-corrected chi connectivity index (χ1v) is 13.0. The largest absolute Gasteiger partial charge is 0.445 e. The molecule has 0 aliphatic carbocycles. The summed E-state index contributed by atoms with van der Waals surface area (Å²) >= 11 is 17.1. The van der Waals surface area contributed by atoms with Gasteiger partial charge in [-0.1, -0.05) is 34.8 Å². The molecule has 4 aliphatic rings. The minimum atomic E-state index is -1.77. The van der Waals surface area contributed by atoms with Crippen LogP contribution in [0.3, 0.4) is 0 Å². The predicted octanol–water partition coefficient (Wildman–Crippen LogP) is 2.40. The fourth-order valence-electron chi connectivity index (χ4n) is 4.92. The molecule has 0 bridgehead atoms. The summed E-state index contributed by atoms with van der Waals surface area (Å²) in [6, 6.07) is -0.748. The molecule has 4 aliphatic heterocycles. The van der Waals surface area contributed by atoms with E-state index in [4.69, 9.17) is 72.7 Å². The Hall–Kier alpha value is -0.180. The number of aliphatic hydroxyl groups excluding tert-OH is 1. The molecule has 4 unspecified atom stereocenters. The van der Waals surface area contributed by atoms with Gasteiger partial charge in [0.1, 0.15) is 43.2 Å². The van der Waals surface area contributed by atoms with E-state index in [0.29, 0.717) is 0 Å². The van der Waals surface area contributed by atoms with Crippen LogP contribution in [0.4, 0.5) is 4.79 Å². The number of amides is 1. The SMILES string of the molecule is CC1O[C@@H](O[C@@H]2C(NC(=O)OCC(Cl)(Cl)Cl)[C@H](C)OC3COC(C)(C)O[C@@H]32)C2OC(C)(C)O[C@H]2[C@@H]1O. The van der Waals surface area contributed by atoms with Crippen molar-refractivity contribution in [2.75, 3.05) is 13.2 Å². The van der Waals surface area contributed by atoms with Crippen molar-refractivity contribution in [1.82, 2.24) is 5.32 Å². The van der Waals surface area contributed by atoms with Crippen LogP contribution in [0.25, 0.3) is 0 Å². The zero-order valence-electron chi connectivity index (χ0n) is 20.9. The van der Waals surface area contributed by atoms with E-state index in [1.165, 1.54) is 0 Å². The van der Waals surface area contributed by atoms with Crippen molar-refractivity contribution in [3.63, 3.8) is 0 Å². The van der Waals surface area contributed by atoms with Crippen molar-refractivity contribution in [1.29, 1.82) is 0 Å². The summed E-state index contributed by atoms with van der Waals surface area (Å²) in [6.07, 6.45) is -7.14. The number of carbonyl (C=O) groups is 1. The van der Waals surface area contributed by atoms with Crippen molar-refractivity contribution in [3.05, 3.63) is 0 Å². The monoisotopic (exact) mass is 577 g/mol. The number of nitrogens with one attached hydrogen (secondary N) is 1. The molecule has 10 atom stereocenters. The predicted molar refractivity (Wildman–Crippen MR) is 127 cm³/mol. The van der Waals surface area contributed by atoms with E-state index >= 15 is 0 Å². The standard InChI is InChI=1S/C22H34Cl3NO10/c1-9-12(26-19(28)29-8-22(23,24)25)15(14-11(31-9)7-30-20(3,4)34-14)33-18-17-16(13(27)10(2)32-18)35-21(5,6)36-17/h9-18,27H,7-8H2,1-6H3,(H,26,28)/t9-,10?,11?,12?,13+,14-,15+,16-,17?,18-/m0/s1. The molecule has 4 fully saturated rings.